The number of ketones is 1. The molecule has 11 heteroatoms. The van der Waals surface area contributed by atoms with Crippen LogP contribution in [-0.2, 0) is 23.5 Å². The number of β-lactam (4-membered cyclic amide) rings is 1. The van der Waals surface area contributed by atoms with Gasteiger partial charge in [-0.2, -0.15) is 0 Å². The Kier molecular flexibility index (Phi) is 11.7. The third kappa shape index (κ3) is 9.85. The summed E-state index contributed by atoms with van der Waals surface area (Å²) in [5.41, 5.74) is 0. The molecule has 1 rings (SSSR count). The van der Waals surface area contributed by atoms with Crippen molar-refractivity contribution in [3.8, 4) is 0 Å². The second-order valence-corrected chi connectivity index (χ2v) is 14.9. The first-order chi connectivity index (χ1) is 16.2. The van der Waals surface area contributed by atoms with Crippen LogP contribution in [0.2, 0.25) is 18.1 Å². The van der Waals surface area contributed by atoms with E-state index in [1.807, 2.05) is 6.92 Å². The Balaban J connectivity index is 2.75. The highest BCUT2D eigenvalue weighted by Gasteiger charge is 2.47. The van der Waals surface area contributed by atoms with Crippen LogP contribution in [0.15, 0.2) is 25.3 Å². The molecule has 1 aliphatic heterocycles. The Morgan fingerprint density at radius 2 is 1.69 bits per heavy atom. The van der Waals surface area contributed by atoms with E-state index in [4.69, 9.17) is 13.9 Å². The van der Waals surface area contributed by atoms with E-state index < -0.39 is 32.5 Å². The van der Waals surface area contributed by atoms with E-state index in [1.165, 1.54) is 12.2 Å². The molecule has 10 nitrogen and oxygen atoms in total. The zero-order chi connectivity index (χ0) is 26.8. The van der Waals surface area contributed by atoms with Crippen LogP contribution >= 0.6 is 0 Å². The van der Waals surface area contributed by atoms with Gasteiger partial charge in [0, 0.05) is 25.4 Å². The third-order valence-electron chi connectivity index (χ3n) is 6.26. The van der Waals surface area contributed by atoms with E-state index in [9.17, 15) is 19.2 Å². The zero-order valence-electron chi connectivity index (χ0n) is 21.8. The van der Waals surface area contributed by atoms with Gasteiger partial charge in [0.1, 0.15) is 19.0 Å². The number of rotatable bonds is 14. The van der Waals surface area contributed by atoms with E-state index in [0.29, 0.717) is 0 Å². The molecule has 1 aliphatic rings. The highest BCUT2D eigenvalue weighted by Crippen LogP contribution is 2.39. The molecule has 0 aromatic heterocycles. The molecule has 1 saturated heterocycles. The van der Waals surface area contributed by atoms with E-state index in [1.54, 1.807) is 0 Å². The maximum absolute atomic E-state index is 12.8. The summed E-state index contributed by atoms with van der Waals surface area (Å²) in [6.45, 7) is 19.4. The van der Waals surface area contributed by atoms with Crippen molar-refractivity contribution >= 4 is 32.2 Å². The third-order valence-corrected chi connectivity index (χ3v) is 10.8. The summed E-state index contributed by atoms with van der Waals surface area (Å²) in [4.78, 5) is 48.9. The zero-order valence-corrected chi connectivity index (χ0v) is 22.8. The molecule has 0 radical (unpaired) electrons. The first kappa shape index (κ1) is 30.4. The topological polar surface area (TPSA) is 132 Å². The fraction of sp³-hybridized carbons (Fsp3) is 0.667. The lowest BCUT2D eigenvalue weighted by atomic mass is 9.82. The van der Waals surface area contributed by atoms with Crippen LogP contribution in [0.5, 0.6) is 0 Å². The van der Waals surface area contributed by atoms with Crippen molar-refractivity contribution in [2.75, 3.05) is 19.8 Å². The number of nitrogens with one attached hydrogen (secondary N) is 3. The summed E-state index contributed by atoms with van der Waals surface area (Å²) in [6, 6.07) is -1.08. The molecule has 4 atom stereocenters. The van der Waals surface area contributed by atoms with Gasteiger partial charge in [-0.15, -0.1) is 0 Å². The van der Waals surface area contributed by atoms with Crippen LogP contribution in [0, 0.1) is 5.92 Å². The van der Waals surface area contributed by atoms with Gasteiger partial charge in [0.05, 0.1) is 18.1 Å². The number of hydrogen-bond donors (Lipinski definition) is 3. The average Bonchev–Trinajstić information content (AvgIpc) is 2.72. The number of Topliss-reactive ketones (excluding diaryl/α,β-unsaturated/α-hetero) is 1. The number of ether oxygens (including phenoxy) is 2. The van der Waals surface area contributed by atoms with Crippen molar-refractivity contribution in [2.45, 2.75) is 76.9 Å². The van der Waals surface area contributed by atoms with E-state index in [2.05, 4.69) is 63.0 Å². The minimum atomic E-state index is -2.09. The van der Waals surface area contributed by atoms with Crippen LogP contribution < -0.4 is 16.0 Å². The quantitative estimate of drug-likeness (QED) is 0.185. The van der Waals surface area contributed by atoms with Crippen molar-refractivity contribution in [3.63, 3.8) is 0 Å². The molecular weight excluding hydrogens is 470 g/mol. The monoisotopic (exact) mass is 511 g/mol. The molecule has 0 spiro atoms. The summed E-state index contributed by atoms with van der Waals surface area (Å²) >= 11 is 0. The van der Waals surface area contributed by atoms with E-state index >= 15 is 0 Å². The van der Waals surface area contributed by atoms with Gasteiger partial charge in [-0.25, -0.2) is 9.59 Å². The Labute approximate surface area is 209 Å². The van der Waals surface area contributed by atoms with Crippen LogP contribution in [0.3, 0.4) is 0 Å². The molecule has 35 heavy (non-hydrogen) atoms. The molecule has 3 N–H and O–H groups in total. The fourth-order valence-electron chi connectivity index (χ4n) is 3.40. The molecule has 0 bridgehead atoms. The van der Waals surface area contributed by atoms with Gasteiger partial charge in [-0.1, -0.05) is 46.1 Å². The number of hydrogen-bond acceptors (Lipinski definition) is 7. The molecule has 0 unspecified atom stereocenters. The van der Waals surface area contributed by atoms with Crippen molar-refractivity contribution in [3.05, 3.63) is 25.3 Å². The molecule has 198 valence electrons. The maximum Gasteiger partial charge on any atom is 0.407 e. The summed E-state index contributed by atoms with van der Waals surface area (Å²) < 4.78 is 16.1. The van der Waals surface area contributed by atoms with Gasteiger partial charge in [-0.3, -0.25) is 9.59 Å². The van der Waals surface area contributed by atoms with Gasteiger partial charge in [0.2, 0.25) is 5.91 Å². The van der Waals surface area contributed by atoms with Gasteiger partial charge >= 0.3 is 12.2 Å². The van der Waals surface area contributed by atoms with Gasteiger partial charge in [0.25, 0.3) is 0 Å². The highest BCUT2D eigenvalue weighted by atomic mass is 28.4. The summed E-state index contributed by atoms with van der Waals surface area (Å²) in [5, 5.41) is 7.86. The van der Waals surface area contributed by atoms with Gasteiger partial charge in [-0.05, 0) is 25.1 Å². The molecular formula is C24H41N3O7Si. The maximum atomic E-state index is 12.8. The van der Waals surface area contributed by atoms with Crippen molar-refractivity contribution < 1.29 is 33.1 Å². The predicted molar refractivity (Wildman–Crippen MR) is 135 cm³/mol. The van der Waals surface area contributed by atoms with Crippen molar-refractivity contribution in [1.29, 1.82) is 0 Å². The largest absolute Gasteiger partial charge is 0.445 e. The summed E-state index contributed by atoms with van der Waals surface area (Å²) in [7, 11) is -2.09. The molecule has 1 fully saturated rings. The average molecular weight is 512 g/mol. The lowest BCUT2D eigenvalue weighted by Crippen LogP contribution is -2.64. The van der Waals surface area contributed by atoms with Crippen molar-refractivity contribution in [1.82, 2.24) is 16.0 Å². The van der Waals surface area contributed by atoms with Gasteiger partial charge in [0.15, 0.2) is 8.32 Å². The standard InChI is InChI=1S/C24H41N3O7Si/c1-9-11-32-22(30)25-15-17(26-23(31)33-12-10-2)13-18(28)14-19-20(21(29)27-19)16(3)34-35(7,8)24(4,5)6/h9-10,16-17,19-20H,1-2,11-15H2,3-8H3,(H,25,30)(H,26,31)(H,27,29)/t16-,17-,19-,20-/m1/s1. The predicted octanol–water partition coefficient (Wildman–Crippen LogP) is 3.05. The molecule has 0 aromatic carbocycles. The normalized spacial score (nSPS) is 19.3. The van der Waals surface area contributed by atoms with Crippen LogP contribution in [0.25, 0.3) is 0 Å². The van der Waals surface area contributed by atoms with Crippen LogP contribution in [-0.4, -0.2) is 70.1 Å². The SMILES string of the molecule is C=CCOC(=O)NC[C@@H](CC(=O)C[C@H]1NC(=O)[C@@H]1[C@@H](C)O[Si](C)(C)C(C)(C)C)NC(=O)OCC=C. The molecule has 3 amide bonds. The lowest BCUT2D eigenvalue weighted by molar-refractivity contribution is -0.141. The van der Waals surface area contributed by atoms with E-state index in [0.717, 1.165) is 0 Å². The Morgan fingerprint density at radius 3 is 2.20 bits per heavy atom. The highest BCUT2D eigenvalue weighted by molar-refractivity contribution is 6.74. The molecule has 1 heterocycles. The lowest BCUT2D eigenvalue weighted by Gasteiger charge is -2.45. The second kappa shape index (κ2) is 13.4. The first-order valence-corrected chi connectivity index (χ1v) is 14.7. The Morgan fingerprint density at radius 1 is 1.11 bits per heavy atom. The summed E-state index contributed by atoms with van der Waals surface area (Å²) in [5.74, 6) is -0.748. The number of carbonyl (C=O) groups is 4. The fourth-order valence-corrected chi connectivity index (χ4v) is 4.83. The number of carbonyl (C=O) groups excluding carboxylic acids is 4. The minimum absolute atomic E-state index is 0.00318. The first-order valence-electron chi connectivity index (χ1n) is 11.8. The van der Waals surface area contributed by atoms with E-state index in [-0.39, 0.29) is 61.5 Å². The molecule has 0 aliphatic carbocycles. The number of alkyl carbamates (subject to hydrolysis) is 2. The van der Waals surface area contributed by atoms with Gasteiger partial charge < -0.3 is 29.9 Å². The van der Waals surface area contributed by atoms with Crippen LogP contribution in [0.1, 0.15) is 40.5 Å². The van der Waals surface area contributed by atoms with Crippen LogP contribution in [0.4, 0.5) is 9.59 Å². The molecule has 0 saturated carbocycles. The minimum Gasteiger partial charge on any atom is -0.445 e. The Hall–Kier alpha value is -2.66. The Bertz CT molecular complexity index is 794. The summed E-state index contributed by atoms with van der Waals surface area (Å²) in [6.07, 6.45) is 1.08. The number of amides is 3. The smallest absolute Gasteiger partial charge is 0.407 e. The van der Waals surface area contributed by atoms with Crippen molar-refractivity contribution in [2.24, 2.45) is 5.92 Å². The molecule has 0 aromatic rings. The second-order valence-electron chi connectivity index (χ2n) is 10.2.